The largest absolute Gasteiger partial charge is 0.379 e. The van der Waals surface area contributed by atoms with Crippen molar-refractivity contribution in [3.8, 4) is 0 Å². The zero-order valence-corrected chi connectivity index (χ0v) is 9.24. The molecule has 0 spiro atoms. The molecule has 0 saturated carbocycles. The van der Waals surface area contributed by atoms with Gasteiger partial charge in [-0.1, -0.05) is 0 Å². The molecule has 4 heteroatoms. The van der Waals surface area contributed by atoms with Crippen LogP contribution in [-0.4, -0.2) is 57.5 Å². The molecular weight excluding hydrogens is 180 g/mol. The maximum atomic E-state index is 5.56. The Bertz CT molecular complexity index is 141. The van der Waals surface area contributed by atoms with E-state index in [2.05, 4.69) is 11.9 Å². The van der Waals surface area contributed by atoms with E-state index in [1.807, 2.05) is 0 Å². The summed E-state index contributed by atoms with van der Waals surface area (Å²) in [5, 5.41) is 0. The van der Waals surface area contributed by atoms with E-state index in [0.717, 1.165) is 19.7 Å². The lowest BCUT2D eigenvalue weighted by Gasteiger charge is -2.24. The minimum atomic E-state index is 0.140. The monoisotopic (exact) mass is 202 g/mol. The Morgan fingerprint density at radius 3 is 2.93 bits per heavy atom. The molecule has 0 amide bonds. The van der Waals surface area contributed by atoms with Crippen LogP contribution in [0.25, 0.3) is 0 Å². The molecule has 0 aromatic carbocycles. The average molecular weight is 202 g/mol. The van der Waals surface area contributed by atoms with Crippen molar-refractivity contribution in [1.29, 1.82) is 0 Å². The van der Waals surface area contributed by atoms with Crippen LogP contribution in [0.3, 0.4) is 0 Å². The highest BCUT2D eigenvalue weighted by atomic mass is 16.5. The first kappa shape index (κ1) is 11.9. The minimum Gasteiger partial charge on any atom is -0.379 e. The molecule has 0 aromatic heterocycles. The summed E-state index contributed by atoms with van der Waals surface area (Å²) in [5.41, 5.74) is 5.56. The summed E-state index contributed by atoms with van der Waals surface area (Å²) in [5.74, 6) is 0. The van der Waals surface area contributed by atoms with Crippen molar-refractivity contribution in [2.45, 2.75) is 25.0 Å². The van der Waals surface area contributed by atoms with Crippen LogP contribution in [0.2, 0.25) is 0 Å². The van der Waals surface area contributed by atoms with Crippen LogP contribution in [0, 0.1) is 0 Å². The van der Waals surface area contributed by atoms with Crippen molar-refractivity contribution < 1.29 is 9.47 Å². The highest BCUT2D eigenvalue weighted by molar-refractivity contribution is 4.71. The van der Waals surface area contributed by atoms with Crippen LogP contribution >= 0.6 is 0 Å². The van der Waals surface area contributed by atoms with Gasteiger partial charge in [0.15, 0.2) is 0 Å². The maximum absolute atomic E-state index is 5.56. The molecule has 1 heterocycles. The molecular formula is C10H22N2O2. The SMILES string of the molecule is COC(CN)CN(C)CC1CCCO1. The molecule has 0 radical (unpaired) electrons. The topological polar surface area (TPSA) is 47.7 Å². The highest BCUT2D eigenvalue weighted by Gasteiger charge is 2.18. The fraction of sp³-hybridized carbons (Fsp3) is 1.00. The standard InChI is InChI=1S/C10H22N2O2/c1-12(8-10(6-11)13-2)7-9-4-3-5-14-9/h9-10H,3-8,11H2,1-2H3. The predicted molar refractivity (Wildman–Crippen MR) is 56.3 cm³/mol. The van der Waals surface area contributed by atoms with Gasteiger partial charge in [-0.25, -0.2) is 0 Å². The molecule has 1 rings (SSSR count). The summed E-state index contributed by atoms with van der Waals surface area (Å²) in [6.07, 6.45) is 2.94. The summed E-state index contributed by atoms with van der Waals surface area (Å²) in [4.78, 5) is 2.23. The van der Waals surface area contributed by atoms with Gasteiger partial charge in [0.1, 0.15) is 0 Å². The average Bonchev–Trinajstić information content (AvgIpc) is 2.66. The summed E-state index contributed by atoms with van der Waals surface area (Å²) in [7, 11) is 3.79. The van der Waals surface area contributed by atoms with E-state index in [9.17, 15) is 0 Å². The van der Waals surface area contributed by atoms with E-state index < -0.39 is 0 Å². The maximum Gasteiger partial charge on any atom is 0.0820 e. The number of hydrogen-bond donors (Lipinski definition) is 1. The lowest BCUT2D eigenvalue weighted by atomic mass is 10.2. The molecule has 4 nitrogen and oxygen atoms in total. The van der Waals surface area contributed by atoms with Gasteiger partial charge in [-0.2, -0.15) is 0 Å². The van der Waals surface area contributed by atoms with E-state index in [-0.39, 0.29) is 6.10 Å². The number of ether oxygens (including phenoxy) is 2. The third-order valence-corrected chi connectivity index (χ3v) is 2.65. The molecule has 0 aromatic rings. The summed E-state index contributed by atoms with van der Waals surface area (Å²) in [6.45, 7) is 3.36. The number of likely N-dealkylation sites (N-methyl/N-ethyl adjacent to an activating group) is 1. The van der Waals surface area contributed by atoms with Crippen molar-refractivity contribution in [3.05, 3.63) is 0 Å². The van der Waals surface area contributed by atoms with Crippen molar-refractivity contribution in [2.75, 3.05) is 40.4 Å². The van der Waals surface area contributed by atoms with Gasteiger partial charge in [0.2, 0.25) is 0 Å². The molecule has 14 heavy (non-hydrogen) atoms. The zero-order valence-electron chi connectivity index (χ0n) is 9.24. The molecule has 0 bridgehead atoms. The van der Waals surface area contributed by atoms with Crippen LogP contribution in [0.5, 0.6) is 0 Å². The van der Waals surface area contributed by atoms with Gasteiger partial charge in [-0.05, 0) is 19.9 Å². The number of hydrogen-bond acceptors (Lipinski definition) is 4. The van der Waals surface area contributed by atoms with E-state index in [0.29, 0.717) is 12.6 Å². The summed E-state index contributed by atoms with van der Waals surface area (Å²) >= 11 is 0. The Hall–Kier alpha value is -0.160. The predicted octanol–water partition coefficient (Wildman–Crippen LogP) is 0.0709. The van der Waals surface area contributed by atoms with Crippen LogP contribution in [-0.2, 0) is 9.47 Å². The third kappa shape index (κ3) is 3.92. The Labute approximate surface area is 86.3 Å². The van der Waals surface area contributed by atoms with E-state index in [4.69, 9.17) is 15.2 Å². The number of nitrogens with zero attached hydrogens (tertiary/aromatic N) is 1. The number of rotatable bonds is 6. The van der Waals surface area contributed by atoms with E-state index in [1.54, 1.807) is 7.11 Å². The number of nitrogens with two attached hydrogens (primary N) is 1. The lowest BCUT2D eigenvalue weighted by Crippen LogP contribution is -2.39. The molecule has 0 aliphatic carbocycles. The first-order valence-electron chi connectivity index (χ1n) is 5.29. The van der Waals surface area contributed by atoms with Gasteiger partial charge in [0.05, 0.1) is 12.2 Å². The fourth-order valence-electron chi connectivity index (χ4n) is 1.80. The van der Waals surface area contributed by atoms with Gasteiger partial charge in [0.25, 0.3) is 0 Å². The van der Waals surface area contributed by atoms with Crippen molar-refractivity contribution >= 4 is 0 Å². The normalized spacial score (nSPS) is 24.4. The molecule has 1 aliphatic rings. The van der Waals surface area contributed by atoms with E-state index in [1.165, 1.54) is 12.8 Å². The second-order valence-corrected chi connectivity index (χ2v) is 3.95. The lowest BCUT2D eigenvalue weighted by molar-refractivity contribution is 0.0453. The third-order valence-electron chi connectivity index (χ3n) is 2.65. The first-order valence-corrected chi connectivity index (χ1v) is 5.29. The first-order chi connectivity index (χ1) is 6.76. The van der Waals surface area contributed by atoms with Crippen molar-refractivity contribution in [1.82, 2.24) is 4.90 Å². The van der Waals surface area contributed by atoms with Crippen LogP contribution in [0.15, 0.2) is 0 Å². The second kappa shape index (κ2) is 6.35. The summed E-state index contributed by atoms with van der Waals surface area (Å²) in [6, 6.07) is 0. The summed E-state index contributed by atoms with van der Waals surface area (Å²) < 4.78 is 10.8. The molecule has 84 valence electrons. The van der Waals surface area contributed by atoms with Crippen LogP contribution < -0.4 is 5.73 Å². The highest BCUT2D eigenvalue weighted by Crippen LogP contribution is 2.12. The molecule has 2 N–H and O–H groups in total. The van der Waals surface area contributed by atoms with Crippen LogP contribution in [0.1, 0.15) is 12.8 Å². The minimum absolute atomic E-state index is 0.140. The van der Waals surface area contributed by atoms with Gasteiger partial charge in [-0.3, -0.25) is 0 Å². The van der Waals surface area contributed by atoms with Gasteiger partial charge >= 0.3 is 0 Å². The Morgan fingerprint density at radius 2 is 2.43 bits per heavy atom. The Morgan fingerprint density at radius 1 is 1.64 bits per heavy atom. The van der Waals surface area contributed by atoms with Crippen LogP contribution in [0.4, 0.5) is 0 Å². The fourth-order valence-corrected chi connectivity index (χ4v) is 1.80. The second-order valence-electron chi connectivity index (χ2n) is 3.95. The van der Waals surface area contributed by atoms with Gasteiger partial charge in [0, 0.05) is 33.4 Å². The van der Waals surface area contributed by atoms with Gasteiger partial charge < -0.3 is 20.1 Å². The molecule has 2 unspecified atom stereocenters. The Balaban J connectivity index is 2.16. The molecule has 1 fully saturated rings. The van der Waals surface area contributed by atoms with Crippen molar-refractivity contribution in [3.63, 3.8) is 0 Å². The van der Waals surface area contributed by atoms with Gasteiger partial charge in [-0.15, -0.1) is 0 Å². The molecule has 2 atom stereocenters. The molecule has 1 saturated heterocycles. The van der Waals surface area contributed by atoms with Crippen molar-refractivity contribution in [2.24, 2.45) is 5.73 Å². The Kier molecular flexibility index (Phi) is 5.40. The zero-order chi connectivity index (χ0) is 10.4. The molecule has 1 aliphatic heterocycles. The number of methoxy groups -OCH3 is 1. The quantitative estimate of drug-likeness (QED) is 0.662. The smallest absolute Gasteiger partial charge is 0.0820 e. The van der Waals surface area contributed by atoms with E-state index >= 15 is 0 Å².